The van der Waals surface area contributed by atoms with Crippen molar-refractivity contribution in [3.63, 3.8) is 0 Å². The van der Waals surface area contributed by atoms with Crippen LogP contribution in [0.2, 0.25) is 0 Å². The molecule has 0 N–H and O–H groups in total. The quantitative estimate of drug-likeness (QED) is 0.502. The zero-order valence-electron chi connectivity index (χ0n) is 7.80. The number of carbonyl (C=O) groups excluding carboxylic acids is 2. The van der Waals surface area contributed by atoms with E-state index in [1.165, 1.54) is 0 Å². The zero-order chi connectivity index (χ0) is 9.19. The lowest BCUT2D eigenvalue weighted by molar-refractivity contribution is -0.832. The van der Waals surface area contributed by atoms with Crippen molar-refractivity contribution in [2.75, 3.05) is 20.1 Å². The Kier molecular flexibility index (Phi) is 2.62. The Labute approximate surface area is 72.9 Å². The molecule has 0 radical (unpaired) electrons. The van der Waals surface area contributed by atoms with Crippen molar-refractivity contribution in [2.24, 2.45) is 0 Å². The molecule has 0 aliphatic carbocycles. The van der Waals surface area contributed by atoms with Crippen molar-refractivity contribution >= 4 is 11.7 Å². The van der Waals surface area contributed by atoms with Gasteiger partial charge in [-0.25, -0.2) is 4.79 Å². The summed E-state index contributed by atoms with van der Waals surface area (Å²) in [5.74, 6) is 0.475. The summed E-state index contributed by atoms with van der Waals surface area (Å²) in [6.45, 7) is 3.12. The van der Waals surface area contributed by atoms with Crippen molar-refractivity contribution in [2.45, 2.75) is 26.2 Å². The van der Waals surface area contributed by atoms with Gasteiger partial charge in [0.2, 0.25) is 0 Å². The summed E-state index contributed by atoms with van der Waals surface area (Å²) in [4.78, 5) is 22.3. The average molecular weight is 170 g/mol. The van der Waals surface area contributed by atoms with E-state index in [0.29, 0.717) is 29.7 Å². The highest BCUT2D eigenvalue weighted by Gasteiger charge is 2.30. The first-order valence-electron chi connectivity index (χ1n) is 4.42. The van der Waals surface area contributed by atoms with Gasteiger partial charge in [0.1, 0.15) is 5.78 Å². The van der Waals surface area contributed by atoms with E-state index in [9.17, 15) is 9.59 Å². The smallest absolute Gasteiger partial charge is 0.299 e. The highest BCUT2D eigenvalue weighted by Crippen LogP contribution is 2.13. The predicted molar refractivity (Wildman–Crippen MR) is 45.5 cm³/mol. The van der Waals surface area contributed by atoms with Crippen molar-refractivity contribution in [1.29, 1.82) is 0 Å². The molecule has 3 heteroatoms. The number of quaternary nitrogens is 1. The van der Waals surface area contributed by atoms with E-state index in [2.05, 4.69) is 0 Å². The fraction of sp³-hybridized carbons (Fsp3) is 0.778. The molecule has 1 atom stereocenters. The summed E-state index contributed by atoms with van der Waals surface area (Å²) in [7, 11) is 1.92. The van der Waals surface area contributed by atoms with Crippen LogP contribution >= 0.6 is 0 Å². The summed E-state index contributed by atoms with van der Waals surface area (Å²) >= 11 is 0. The van der Waals surface area contributed by atoms with Crippen LogP contribution in [-0.2, 0) is 9.59 Å². The number of likely N-dealkylation sites (tertiary alicyclic amines) is 1. The molecule has 1 aliphatic rings. The van der Waals surface area contributed by atoms with Gasteiger partial charge in [0.15, 0.2) is 0 Å². The molecule has 1 rings (SSSR count). The number of nitrogens with zero attached hydrogens (tertiary/aromatic N) is 1. The fourth-order valence-corrected chi connectivity index (χ4v) is 1.55. The van der Waals surface area contributed by atoms with Crippen LogP contribution < -0.4 is 0 Å². The van der Waals surface area contributed by atoms with Gasteiger partial charge in [-0.2, -0.15) is 0 Å². The van der Waals surface area contributed by atoms with Crippen LogP contribution in [0, 0.1) is 0 Å². The Morgan fingerprint density at radius 3 is 2.58 bits per heavy atom. The van der Waals surface area contributed by atoms with Crippen LogP contribution in [0.1, 0.15) is 26.2 Å². The maximum Gasteiger partial charge on any atom is 0.310 e. The number of hydrogen-bond donors (Lipinski definition) is 0. The second kappa shape index (κ2) is 3.35. The minimum Gasteiger partial charge on any atom is -0.299 e. The summed E-state index contributed by atoms with van der Waals surface area (Å²) in [6, 6.07) is 0. The second-order valence-corrected chi connectivity index (χ2v) is 3.75. The van der Waals surface area contributed by atoms with E-state index in [4.69, 9.17) is 0 Å². The third-order valence-corrected chi connectivity index (χ3v) is 2.75. The largest absolute Gasteiger partial charge is 0.310 e. The molecule has 3 nitrogen and oxygen atoms in total. The van der Waals surface area contributed by atoms with Gasteiger partial charge in [0.25, 0.3) is 0 Å². The molecule has 1 amide bonds. The summed E-state index contributed by atoms with van der Waals surface area (Å²) in [6.07, 6.45) is 2.08. The van der Waals surface area contributed by atoms with Crippen LogP contribution in [0.4, 0.5) is 0 Å². The van der Waals surface area contributed by atoms with Gasteiger partial charge in [0.05, 0.1) is 33.5 Å². The highest BCUT2D eigenvalue weighted by molar-refractivity contribution is 5.79. The normalized spacial score (nSPS) is 31.3. The summed E-state index contributed by atoms with van der Waals surface area (Å²) in [5.41, 5.74) is 0. The van der Waals surface area contributed by atoms with E-state index in [1.807, 2.05) is 7.05 Å². The zero-order valence-corrected chi connectivity index (χ0v) is 7.80. The van der Waals surface area contributed by atoms with E-state index < -0.39 is 0 Å². The lowest BCUT2D eigenvalue weighted by atomic mass is 10.2. The summed E-state index contributed by atoms with van der Waals surface area (Å²) in [5, 5.41) is 0. The van der Waals surface area contributed by atoms with Crippen LogP contribution in [-0.4, -0.2) is 36.3 Å². The van der Waals surface area contributed by atoms with Gasteiger partial charge >= 0.3 is 5.91 Å². The predicted octanol–water partition coefficient (Wildman–Crippen LogP) is 0.732. The molecule has 0 aromatic rings. The first kappa shape index (κ1) is 9.39. The molecule has 1 fully saturated rings. The van der Waals surface area contributed by atoms with E-state index >= 15 is 0 Å². The third kappa shape index (κ3) is 1.91. The molecule has 1 aliphatic heterocycles. The van der Waals surface area contributed by atoms with Crippen molar-refractivity contribution < 1.29 is 14.1 Å². The molecule has 0 bridgehead atoms. The molecular weight excluding hydrogens is 154 g/mol. The van der Waals surface area contributed by atoms with E-state index in [-0.39, 0.29) is 5.91 Å². The van der Waals surface area contributed by atoms with Gasteiger partial charge in [0, 0.05) is 12.8 Å². The monoisotopic (exact) mass is 170 g/mol. The van der Waals surface area contributed by atoms with Gasteiger partial charge < -0.3 is 0 Å². The van der Waals surface area contributed by atoms with Crippen molar-refractivity contribution in [3.05, 3.63) is 0 Å². The van der Waals surface area contributed by atoms with Gasteiger partial charge in [-0.3, -0.25) is 9.28 Å². The Bertz CT molecular complexity index is 213. The molecule has 0 aromatic carbocycles. The molecule has 12 heavy (non-hydrogen) atoms. The van der Waals surface area contributed by atoms with E-state index in [1.54, 1.807) is 6.92 Å². The van der Waals surface area contributed by atoms with Gasteiger partial charge in [-0.15, -0.1) is 0 Å². The Morgan fingerprint density at radius 1 is 1.33 bits per heavy atom. The third-order valence-electron chi connectivity index (χ3n) is 2.75. The number of rotatable bonds is 0. The molecule has 1 saturated heterocycles. The standard InChI is InChI=1S/C9H16NO2/c1-8(11)10(2)6-3-4-9(12)5-7-10/h3-7H2,1-2H3/q+1. The van der Waals surface area contributed by atoms with Gasteiger partial charge in [-0.1, -0.05) is 0 Å². The van der Waals surface area contributed by atoms with Crippen LogP contribution in [0.5, 0.6) is 0 Å². The molecule has 0 saturated carbocycles. The lowest BCUT2D eigenvalue weighted by Crippen LogP contribution is -2.48. The molecule has 0 aromatic heterocycles. The lowest BCUT2D eigenvalue weighted by Gasteiger charge is -2.28. The Balaban J connectivity index is 2.67. The summed E-state index contributed by atoms with van der Waals surface area (Å²) < 4.78 is 0.436. The average Bonchev–Trinajstić information content (AvgIpc) is 2.15. The molecule has 0 spiro atoms. The molecule has 68 valence electrons. The molecule has 1 heterocycles. The highest BCUT2D eigenvalue weighted by atomic mass is 16.2. The SMILES string of the molecule is CC(=O)[N+]1(C)CCCC(=O)CC1. The number of Topliss-reactive ketones (excluding diaryl/α,β-unsaturated/α-hetero) is 1. The number of hydrogen-bond acceptors (Lipinski definition) is 2. The van der Waals surface area contributed by atoms with Crippen LogP contribution in [0.3, 0.4) is 0 Å². The minimum atomic E-state index is 0.171. The Hall–Kier alpha value is -0.700. The van der Waals surface area contributed by atoms with E-state index in [0.717, 1.165) is 13.0 Å². The molecule has 1 unspecified atom stereocenters. The van der Waals surface area contributed by atoms with Crippen LogP contribution in [0.15, 0.2) is 0 Å². The maximum atomic E-state index is 11.2. The van der Waals surface area contributed by atoms with Crippen molar-refractivity contribution in [3.8, 4) is 0 Å². The first-order chi connectivity index (χ1) is 5.54. The topological polar surface area (TPSA) is 34.1 Å². The number of amides is 1. The number of ketones is 1. The fourth-order valence-electron chi connectivity index (χ4n) is 1.55. The first-order valence-corrected chi connectivity index (χ1v) is 4.42. The van der Waals surface area contributed by atoms with Crippen molar-refractivity contribution in [1.82, 2.24) is 0 Å². The minimum absolute atomic E-state index is 0.171. The second-order valence-electron chi connectivity index (χ2n) is 3.75. The maximum absolute atomic E-state index is 11.2. The molecular formula is C9H16NO2+. The van der Waals surface area contributed by atoms with Gasteiger partial charge in [-0.05, 0) is 0 Å². The Morgan fingerprint density at radius 2 is 2.00 bits per heavy atom. The van der Waals surface area contributed by atoms with Crippen LogP contribution in [0.25, 0.3) is 0 Å². The number of carbonyl (C=O) groups is 2.